The molecule has 0 aromatic heterocycles. The molecule has 0 unspecified atom stereocenters. The number of aliphatic imine (C=N–C) groups is 1. The predicted octanol–water partition coefficient (Wildman–Crippen LogP) is 3.65. The molecule has 108 valence electrons. The number of hydrogen-bond acceptors (Lipinski definition) is 8. The first-order valence-electron chi connectivity index (χ1n) is 6.34. The molecule has 0 atom stereocenters. The van der Waals surface area contributed by atoms with E-state index in [4.69, 9.17) is 5.26 Å². The molecule has 0 saturated carbocycles. The highest BCUT2D eigenvalue weighted by atomic mass is 32.2. The van der Waals surface area contributed by atoms with Crippen LogP contribution >= 0.6 is 47.0 Å². The lowest BCUT2D eigenvalue weighted by molar-refractivity contribution is 1.39. The second kappa shape index (κ2) is 6.89. The van der Waals surface area contributed by atoms with Gasteiger partial charge in [-0.2, -0.15) is 20.8 Å². The average molecular weight is 361 g/mol. The fraction of sp³-hybridized carbons (Fsp3) is 0.286. The van der Waals surface area contributed by atoms with E-state index >= 15 is 0 Å². The summed E-state index contributed by atoms with van der Waals surface area (Å²) >= 11 is 6.62. The molecule has 8 heteroatoms. The zero-order chi connectivity index (χ0) is 15.5. The van der Waals surface area contributed by atoms with Gasteiger partial charge in [0.25, 0.3) is 0 Å². The zero-order valence-corrected chi connectivity index (χ0v) is 14.5. The second-order valence-corrected chi connectivity index (χ2v) is 8.67. The van der Waals surface area contributed by atoms with E-state index in [2.05, 4.69) is 4.99 Å². The highest BCUT2D eigenvalue weighted by Gasteiger charge is 2.36. The molecule has 0 bridgehead atoms. The van der Waals surface area contributed by atoms with Crippen molar-refractivity contribution in [2.24, 2.45) is 4.99 Å². The molecule has 4 nitrogen and oxygen atoms in total. The van der Waals surface area contributed by atoms with Crippen molar-refractivity contribution in [3.05, 3.63) is 30.8 Å². The van der Waals surface area contributed by atoms with Crippen molar-refractivity contribution in [1.82, 2.24) is 0 Å². The van der Waals surface area contributed by atoms with Gasteiger partial charge in [0.1, 0.15) is 23.4 Å². The molecule has 0 fully saturated rings. The Kier molecular flexibility index (Phi) is 4.90. The standard InChI is InChI=1S/C14H8N4S4/c15-5-8(6-16)9-11-13(21-3-1-19-11)10(18-7-17)14-12(9)20-2-4-22-14/h1-4H2. The Bertz CT molecular complexity index is 729. The van der Waals surface area contributed by atoms with E-state index in [1.54, 1.807) is 47.0 Å². The van der Waals surface area contributed by atoms with Crippen LogP contribution in [0.3, 0.4) is 0 Å². The van der Waals surface area contributed by atoms with Crippen LogP contribution in [0.1, 0.15) is 0 Å². The number of hydrogen-bond donors (Lipinski definition) is 0. The van der Waals surface area contributed by atoms with E-state index in [0.29, 0.717) is 0 Å². The predicted molar refractivity (Wildman–Crippen MR) is 95.2 cm³/mol. The van der Waals surface area contributed by atoms with Crippen LogP contribution in [-0.2, 0) is 0 Å². The highest BCUT2D eigenvalue weighted by molar-refractivity contribution is 8.13. The Hall–Kier alpha value is -1.24. The Morgan fingerprint density at radius 3 is 1.64 bits per heavy atom. The van der Waals surface area contributed by atoms with Gasteiger partial charge in [0.05, 0.1) is 0 Å². The lowest BCUT2D eigenvalue weighted by Crippen LogP contribution is -2.20. The van der Waals surface area contributed by atoms with Crippen molar-refractivity contribution in [2.45, 2.75) is 0 Å². The maximum atomic E-state index is 9.34. The van der Waals surface area contributed by atoms with Gasteiger partial charge in [-0.25, -0.2) is 0 Å². The SMILES string of the molecule is N#CN=C1C2=C(SCCS2)C(=C(C#N)C#N)C2=C1SCCS2. The van der Waals surface area contributed by atoms with Crippen molar-refractivity contribution in [3.8, 4) is 18.3 Å². The molecule has 3 rings (SSSR count). The minimum atomic E-state index is 0.154. The summed E-state index contributed by atoms with van der Waals surface area (Å²) in [7, 11) is 0. The lowest BCUT2D eigenvalue weighted by atomic mass is 10.0. The molecule has 1 aliphatic carbocycles. The first-order valence-corrected chi connectivity index (χ1v) is 10.3. The molecule has 3 aliphatic rings. The van der Waals surface area contributed by atoms with Crippen LogP contribution in [0.2, 0.25) is 0 Å². The van der Waals surface area contributed by atoms with E-state index in [1.165, 1.54) is 0 Å². The fourth-order valence-electron chi connectivity index (χ4n) is 2.28. The molecule has 0 saturated heterocycles. The number of thioether (sulfide) groups is 4. The van der Waals surface area contributed by atoms with Gasteiger partial charge in [-0.05, 0) is 0 Å². The van der Waals surface area contributed by atoms with Crippen molar-refractivity contribution >= 4 is 52.8 Å². The molecule has 0 spiro atoms. The molecular formula is C14H8N4S4. The van der Waals surface area contributed by atoms with E-state index < -0.39 is 0 Å². The number of nitrogens with zero attached hydrogens (tertiary/aromatic N) is 4. The summed E-state index contributed by atoms with van der Waals surface area (Å²) < 4.78 is 0. The van der Waals surface area contributed by atoms with Gasteiger partial charge in [0.15, 0.2) is 0 Å². The smallest absolute Gasteiger partial charge is 0.192 e. The molecule has 2 heterocycles. The van der Waals surface area contributed by atoms with Crippen LogP contribution in [0.5, 0.6) is 0 Å². The topological polar surface area (TPSA) is 83.7 Å². The normalized spacial score (nSPS) is 20.4. The number of rotatable bonds is 0. The summed E-state index contributed by atoms with van der Waals surface area (Å²) in [6.45, 7) is 0. The highest BCUT2D eigenvalue weighted by Crippen LogP contribution is 2.54. The molecule has 2 aliphatic heterocycles. The Morgan fingerprint density at radius 1 is 0.773 bits per heavy atom. The van der Waals surface area contributed by atoms with E-state index in [1.807, 2.05) is 18.3 Å². The monoisotopic (exact) mass is 360 g/mol. The fourth-order valence-corrected chi connectivity index (χ4v) is 7.46. The third kappa shape index (κ3) is 2.59. The Morgan fingerprint density at radius 2 is 1.23 bits per heavy atom. The summed E-state index contributed by atoms with van der Waals surface area (Å²) in [6, 6.07) is 4.07. The van der Waals surface area contributed by atoms with Crippen LogP contribution in [-0.4, -0.2) is 28.7 Å². The summed E-state index contributed by atoms with van der Waals surface area (Å²) in [5.41, 5.74) is 1.63. The van der Waals surface area contributed by atoms with Crippen LogP contribution in [0.25, 0.3) is 0 Å². The molecule has 0 amide bonds. The number of allylic oxidation sites excluding steroid dienone is 5. The van der Waals surface area contributed by atoms with Crippen LogP contribution in [0.4, 0.5) is 0 Å². The van der Waals surface area contributed by atoms with Gasteiger partial charge in [0, 0.05) is 48.2 Å². The minimum Gasteiger partial charge on any atom is -0.192 e. The van der Waals surface area contributed by atoms with Crippen LogP contribution in [0.15, 0.2) is 35.8 Å². The van der Waals surface area contributed by atoms with E-state index in [0.717, 1.165) is 53.9 Å². The van der Waals surface area contributed by atoms with Gasteiger partial charge < -0.3 is 0 Å². The molecular weight excluding hydrogens is 352 g/mol. The van der Waals surface area contributed by atoms with E-state index in [9.17, 15) is 10.5 Å². The molecule has 0 N–H and O–H groups in total. The summed E-state index contributed by atoms with van der Waals surface area (Å²) in [4.78, 5) is 7.83. The van der Waals surface area contributed by atoms with Gasteiger partial charge >= 0.3 is 0 Å². The maximum Gasteiger partial charge on any atom is 0.206 e. The third-order valence-electron chi connectivity index (χ3n) is 3.08. The van der Waals surface area contributed by atoms with Gasteiger partial charge in [-0.3, -0.25) is 0 Å². The zero-order valence-electron chi connectivity index (χ0n) is 11.3. The molecule has 0 aromatic rings. The lowest BCUT2D eigenvalue weighted by Gasteiger charge is -2.32. The van der Waals surface area contributed by atoms with Crippen molar-refractivity contribution < 1.29 is 0 Å². The summed E-state index contributed by atoms with van der Waals surface area (Å²) in [5, 5.41) is 27.7. The summed E-state index contributed by atoms with van der Waals surface area (Å²) in [6.07, 6.45) is 1.90. The number of nitriles is 3. The first-order chi connectivity index (χ1) is 10.8. The van der Waals surface area contributed by atoms with Gasteiger partial charge in [-0.15, -0.1) is 47.0 Å². The quantitative estimate of drug-likeness (QED) is 0.481. The average Bonchev–Trinajstić information content (AvgIpc) is 2.58. The van der Waals surface area contributed by atoms with Crippen molar-refractivity contribution in [3.63, 3.8) is 0 Å². The first kappa shape index (κ1) is 15.6. The van der Waals surface area contributed by atoms with E-state index in [-0.39, 0.29) is 5.57 Å². The van der Waals surface area contributed by atoms with Crippen molar-refractivity contribution in [2.75, 3.05) is 23.0 Å². The van der Waals surface area contributed by atoms with Gasteiger partial charge in [0.2, 0.25) is 6.19 Å². The van der Waals surface area contributed by atoms with Crippen LogP contribution < -0.4 is 0 Å². The van der Waals surface area contributed by atoms with Crippen LogP contribution in [0, 0.1) is 34.1 Å². The molecule has 22 heavy (non-hydrogen) atoms. The van der Waals surface area contributed by atoms with Crippen molar-refractivity contribution in [1.29, 1.82) is 15.8 Å². The van der Waals surface area contributed by atoms with Gasteiger partial charge in [-0.1, -0.05) is 0 Å². The largest absolute Gasteiger partial charge is 0.206 e. The second-order valence-electron chi connectivity index (χ2n) is 4.24. The maximum absolute atomic E-state index is 9.34. The summed E-state index contributed by atoms with van der Waals surface area (Å²) in [5.74, 6) is 3.74. The minimum absolute atomic E-state index is 0.154. The molecule has 0 aromatic carbocycles. The molecule has 0 radical (unpaired) electrons. The Balaban J connectivity index is 2.33. The Labute approximate surface area is 145 Å². The third-order valence-corrected chi connectivity index (χ3v) is 8.26.